The Kier molecular flexibility index (Phi) is 15.3. The summed E-state index contributed by atoms with van der Waals surface area (Å²) in [5.74, 6) is 1.03. The molecule has 0 aliphatic rings. The molecule has 0 atom stereocenters. The van der Waals surface area contributed by atoms with Crippen molar-refractivity contribution in [3.63, 3.8) is 0 Å². The van der Waals surface area contributed by atoms with Crippen molar-refractivity contribution in [1.82, 2.24) is 0 Å². The van der Waals surface area contributed by atoms with Gasteiger partial charge in [0.2, 0.25) is 0 Å². The van der Waals surface area contributed by atoms with Crippen molar-refractivity contribution in [3.05, 3.63) is 65.2 Å². The maximum atomic E-state index is 8.99. The number of aryl methyl sites for hydroxylation is 2. The molecule has 0 saturated carbocycles. The molecule has 23 heavy (non-hydrogen) atoms. The van der Waals surface area contributed by atoms with Gasteiger partial charge in [-0.2, -0.15) is 0 Å². The Morgan fingerprint density at radius 1 is 0.913 bits per heavy atom. The minimum atomic E-state index is 0. The second kappa shape index (κ2) is 14.5. The summed E-state index contributed by atoms with van der Waals surface area (Å²) in [7, 11) is 0. The largest absolute Gasteiger partial charge is 0.508 e. The molecule has 2 aromatic carbocycles. The standard InChI is InChI=1S/C10H14O.C9H12.C2H6.W/c1-8(2)7-9-3-5-10(11)6-4-9;1-3-9-7-5-4-6-8(9)2;1-2;/h3-6,8,11H,7H2,1-2H3;4-7H,3H2,1-2H3;1-2H3;. The predicted octanol–water partition coefficient (Wildman–Crippen LogP) is 6.17. The number of phenols is 1. The molecule has 0 radical (unpaired) electrons. The molecule has 128 valence electrons. The van der Waals surface area contributed by atoms with Crippen LogP contribution in [0.2, 0.25) is 0 Å². The van der Waals surface area contributed by atoms with Crippen molar-refractivity contribution < 1.29 is 26.2 Å². The van der Waals surface area contributed by atoms with E-state index in [1.165, 1.54) is 16.7 Å². The fraction of sp³-hybridized carbons (Fsp3) is 0.429. The molecule has 0 bridgehead atoms. The molecule has 0 heterocycles. The van der Waals surface area contributed by atoms with E-state index in [0.29, 0.717) is 11.7 Å². The Bertz CT molecular complexity index is 504. The number of hydrogen-bond acceptors (Lipinski definition) is 1. The molecule has 2 heteroatoms. The summed E-state index contributed by atoms with van der Waals surface area (Å²) in [4.78, 5) is 0. The number of aromatic hydroxyl groups is 1. The molecule has 0 aromatic heterocycles. The average molecular weight is 484 g/mol. The van der Waals surface area contributed by atoms with Crippen LogP contribution < -0.4 is 0 Å². The molecule has 0 fully saturated rings. The topological polar surface area (TPSA) is 20.2 Å². The zero-order valence-corrected chi connectivity index (χ0v) is 18.4. The van der Waals surface area contributed by atoms with E-state index in [1.807, 2.05) is 26.0 Å². The van der Waals surface area contributed by atoms with Crippen molar-refractivity contribution in [2.75, 3.05) is 0 Å². The van der Waals surface area contributed by atoms with Crippen LogP contribution in [0.1, 0.15) is 51.3 Å². The van der Waals surface area contributed by atoms with Crippen LogP contribution in [0.5, 0.6) is 5.75 Å². The molecule has 1 N–H and O–H groups in total. The van der Waals surface area contributed by atoms with Gasteiger partial charge >= 0.3 is 0 Å². The van der Waals surface area contributed by atoms with Crippen LogP contribution in [0.4, 0.5) is 0 Å². The summed E-state index contributed by atoms with van der Waals surface area (Å²) in [5.41, 5.74) is 4.15. The predicted molar refractivity (Wildman–Crippen MR) is 98.6 cm³/mol. The Balaban J connectivity index is 0. The fourth-order valence-corrected chi connectivity index (χ4v) is 2.11. The molecule has 0 aliphatic heterocycles. The average Bonchev–Trinajstić information content (AvgIpc) is 2.52. The van der Waals surface area contributed by atoms with Gasteiger partial charge in [-0.1, -0.05) is 71.0 Å². The van der Waals surface area contributed by atoms with E-state index in [4.69, 9.17) is 5.11 Å². The van der Waals surface area contributed by atoms with Crippen LogP contribution in [0.15, 0.2) is 48.5 Å². The SMILES string of the molecule is CC.CC(C)Cc1ccc(O)cc1.CCc1ccccc1C.[W]. The second-order valence-electron chi connectivity index (χ2n) is 5.54. The summed E-state index contributed by atoms with van der Waals surface area (Å²) in [6.07, 6.45) is 2.23. The first-order chi connectivity index (χ1) is 10.5. The molecule has 2 aromatic rings. The van der Waals surface area contributed by atoms with Crippen LogP contribution in [0.25, 0.3) is 0 Å². The smallest absolute Gasteiger partial charge is 0.115 e. The first-order valence-corrected chi connectivity index (χ1v) is 8.35. The van der Waals surface area contributed by atoms with Gasteiger partial charge in [0.15, 0.2) is 0 Å². The molecule has 0 spiro atoms. The summed E-state index contributed by atoms with van der Waals surface area (Å²) < 4.78 is 0. The zero-order chi connectivity index (χ0) is 17.0. The third-order valence-corrected chi connectivity index (χ3v) is 3.22. The van der Waals surface area contributed by atoms with Crippen molar-refractivity contribution in [2.45, 2.75) is 54.4 Å². The molecular formula is C21H32OW. The van der Waals surface area contributed by atoms with E-state index in [2.05, 4.69) is 52.0 Å². The molecule has 0 saturated heterocycles. The molecule has 0 aliphatic carbocycles. The summed E-state index contributed by atoms with van der Waals surface area (Å²) >= 11 is 0. The normalized spacial score (nSPS) is 9.00. The quantitative estimate of drug-likeness (QED) is 0.553. The van der Waals surface area contributed by atoms with Crippen molar-refractivity contribution >= 4 is 0 Å². The third kappa shape index (κ3) is 11.2. The van der Waals surface area contributed by atoms with Gasteiger partial charge in [0, 0.05) is 21.1 Å². The van der Waals surface area contributed by atoms with Gasteiger partial charge in [0.05, 0.1) is 0 Å². The Morgan fingerprint density at radius 2 is 1.43 bits per heavy atom. The van der Waals surface area contributed by atoms with Gasteiger partial charge in [-0.15, -0.1) is 0 Å². The van der Waals surface area contributed by atoms with E-state index in [-0.39, 0.29) is 21.1 Å². The van der Waals surface area contributed by atoms with E-state index < -0.39 is 0 Å². The minimum absolute atomic E-state index is 0. The summed E-state index contributed by atoms with van der Waals surface area (Å²) in [6, 6.07) is 15.9. The number of benzene rings is 2. The van der Waals surface area contributed by atoms with Crippen LogP contribution >= 0.6 is 0 Å². The molecule has 0 amide bonds. The molecular weight excluding hydrogens is 452 g/mol. The van der Waals surface area contributed by atoms with E-state index >= 15 is 0 Å². The van der Waals surface area contributed by atoms with Gasteiger partial charge in [0.1, 0.15) is 5.75 Å². The van der Waals surface area contributed by atoms with Crippen molar-refractivity contribution in [3.8, 4) is 5.75 Å². The summed E-state index contributed by atoms with van der Waals surface area (Å²) in [6.45, 7) is 12.7. The monoisotopic (exact) mass is 484 g/mol. The zero-order valence-electron chi connectivity index (χ0n) is 15.5. The first-order valence-electron chi connectivity index (χ1n) is 8.35. The van der Waals surface area contributed by atoms with Gasteiger partial charge < -0.3 is 5.11 Å². The number of hydrogen-bond donors (Lipinski definition) is 1. The number of phenolic OH excluding ortho intramolecular Hbond substituents is 1. The minimum Gasteiger partial charge on any atom is -0.508 e. The Morgan fingerprint density at radius 3 is 1.83 bits per heavy atom. The molecule has 1 nitrogen and oxygen atoms in total. The maximum Gasteiger partial charge on any atom is 0.115 e. The van der Waals surface area contributed by atoms with E-state index in [1.54, 1.807) is 12.1 Å². The van der Waals surface area contributed by atoms with Gasteiger partial charge in [0.25, 0.3) is 0 Å². The van der Waals surface area contributed by atoms with Crippen molar-refractivity contribution in [1.29, 1.82) is 0 Å². The van der Waals surface area contributed by atoms with E-state index in [9.17, 15) is 0 Å². The third-order valence-electron chi connectivity index (χ3n) is 3.22. The second-order valence-corrected chi connectivity index (χ2v) is 5.54. The Hall–Kier alpha value is -1.07. The van der Waals surface area contributed by atoms with Gasteiger partial charge in [-0.05, 0) is 54.5 Å². The van der Waals surface area contributed by atoms with E-state index in [0.717, 1.165) is 12.8 Å². The first kappa shape index (κ1) is 24.2. The van der Waals surface area contributed by atoms with Gasteiger partial charge in [-0.25, -0.2) is 0 Å². The fourth-order valence-electron chi connectivity index (χ4n) is 2.11. The molecule has 0 unspecified atom stereocenters. The van der Waals surface area contributed by atoms with Gasteiger partial charge in [-0.3, -0.25) is 0 Å². The number of rotatable bonds is 3. The van der Waals surface area contributed by atoms with Crippen LogP contribution in [-0.4, -0.2) is 5.11 Å². The molecule has 2 rings (SSSR count). The Labute approximate surface area is 157 Å². The maximum absolute atomic E-state index is 8.99. The van der Waals surface area contributed by atoms with Crippen LogP contribution in [0.3, 0.4) is 0 Å². The van der Waals surface area contributed by atoms with Crippen molar-refractivity contribution in [2.24, 2.45) is 5.92 Å². The van der Waals surface area contributed by atoms with Crippen LogP contribution in [-0.2, 0) is 33.9 Å². The summed E-state index contributed by atoms with van der Waals surface area (Å²) in [5, 5.41) is 8.99. The van der Waals surface area contributed by atoms with Crippen LogP contribution in [0, 0.1) is 12.8 Å².